The summed E-state index contributed by atoms with van der Waals surface area (Å²) in [6.45, 7) is 10.7. The molecule has 2 nitrogen and oxygen atoms in total. The van der Waals surface area contributed by atoms with Crippen molar-refractivity contribution in [2.24, 2.45) is 0 Å². The van der Waals surface area contributed by atoms with Crippen LogP contribution in [-0.4, -0.2) is 14.2 Å². The van der Waals surface area contributed by atoms with E-state index in [1.54, 1.807) is 14.2 Å². The Bertz CT molecular complexity index is 390. The van der Waals surface area contributed by atoms with Crippen LogP contribution in [0.4, 0.5) is 0 Å². The van der Waals surface area contributed by atoms with Crippen LogP contribution in [0.15, 0.2) is 12.1 Å². The molecule has 0 aromatic heterocycles. The number of hydrogen-bond donors (Lipinski definition) is 0. The molecule has 1 aromatic carbocycles. The van der Waals surface area contributed by atoms with Crippen molar-refractivity contribution in [1.29, 1.82) is 0 Å². The highest BCUT2D eigenvalue weighted by atomic mass is 79.9. The average molecular weight is 315 g/mol. The number of rotatable bonds is 3. The predicted molar refractivity (Wildman–Crippen MR) is 80.2 cm³/mol. The molecular weight excluding hydrogens is 292 g/mol. The summed E-state index contributed by atoms with van der Waals surface area (Å²) in [5.41, 5.74) is 2.27. The molecule has 0 saturated carbocycles. The second kappa shape index (κ2) is 5.12. The molecule has 0 bridgehead atoms. The topological polar surface area (TPSA) is 18.5 Å². The van der Waals surface area contributed by atoms with Gasteiger partial charge in [-0.1, -0.05) is 36.7 Å². The monoisotopic (exact) mass is 314 g/mol. The van der Waals surface area contributed by atoms with Gasteiger partial charge < -0.3 is 9.47 Å². The molecule has 0 atom stereocenters. The van der Waals surface area contributed by atoms with Gasteiger partial charge in [0.1, 0.15) is 11.5 Å². The van der Waals surface area contributed by atoms with Crippen LogP contribution in [0.25, 0.3) is 0 Å². The predicted octanol–water partition coefficient (Wildman–Crippen LogP) is 4.63. The summed E-state index contributed by atoms with van der Waals surface area (Å²) in [4.78, 5) is 0. The fourth-order valence-electron chi connectivity index (χ4n) is 1.94. The molecule has 1 rings (SSSR count). The van der Waals surface area contributed by atoms with E-state index in [0.717, 1.165) is 22.6 Å². The maximum absolute atomic E-state index is 5.64. The zero-order valence-electron chi connectivity index (χ0n) is 12.3. The third-order valence-electron chi connectivity index (χ3n) is 2.95. The first-order valence-corrected chi connectivity index (χ1v) is 6.86. The minimum Gasteiger partial charge on any atom is -0.497 e. The summed E-state index contributed by atoms with van der Waals surface area (Å²) in [6, 6.07) is 4.09. The molecule has 102 valence electrons. The maximum Gasteiger partial charge on any atom is 0.127 e. The quantitative estimate of drug-likeness (QED) is 0.757. The van der Waals surface area contributed by atoms with Gasteiger partial charge in [-0.2, -0.15) is 0 Å². The van der Waals surface area contributed by atoms with Gasteiger partial charge in [0.25, 0.3) is 0 Å². The van der Waals surface area contributed by atoms with E-state index < -0.39 is 0 Å². The lowest BCUT2D eigenvalue weighted by Gasteiger charge is -2.28. The Morgan fingerprint density at radius 3 is 1.72 bits per heavy atom. The first-order chi connectivity index (χ1) is 8.11. The largest absolute Gasteiger partial charge is 0.497 e. The van der Waals surface area contributed by atoms with Crippen LogP contribution >= 0.6 is 15.9 Å². The van der Waals surface area contributed by atoms with Crippen molar-refractivity contribution in [3.05, 3.63) is 23.3 Å². The second-order valence-electron chi connectivity index (χ2n) is 5.98. The molecule has 0 radical (unpaired) electrons. The lowest BCUT2D eigenvalue weighted by molar-refractivity contribution is 0.380. The van der Waals surface area contributed by atoms with E-state index in [4.69, 9.17) is 9.47 Å². The number of benzene rings is 1. The van der Waals surface area contributed by atoms with Gasteiger partial charge in [0.2, 0.25) is 0 Å². The highest BCUT2D eigenvalue weighted by Crippen LogP contribution is 2.44. The van der Waals surface area contributed by atoms with Crippen LogP contribution in [0, 0.1) is 0 Å². The fourth-order valence-corrected chi connectivity index (χ4v) is 2.23. The van der Waals surface area contributed by atoms with Crippen molar-refractivity contribution in [1.82, 2.24) is 0 Å². The van der Waals surface area contributed by atoms with Gasteiger partial charge in [-0.3, -0.25) is 0 Å². The molecule has 18 heavy (non-hydrogen) atoms. The summed E-state index contributed by atoms with van der Waals surface area (Å²) in [7, 11) is 3.42. The zero-order valence-corrected chi connectivity index (χ0v) is 13.9. The number of methoxy groups -OCH3 is 2. The Kier molecular flexibility index (Phi) is 4.37. The van der Waals surface area contributed by atoms with Crippen molar-refractivity contribution in [3.63, 3.8) is 0 Å². The lowest BCUT2D eigenvalue weighted by atomic mass is 9.83. The van der Waals surface area contributed by atoms with E-state index in [-0.39, 0.29) is 9.74 Å². The molecule has 0 aliphatic heterocycles. The highest BCUT2D eigenvalue weighted by Gasteiger charge is 2.28. The first-order valence-electron chi connectivity index (χ1n) is 6.07. The van der Waals surface area contributed by atoms with Gasteiger partial charge in [-0.05, 0) is 31.4 Å². The molecule has 0 N–H and O–H groups in total. The average Bonchev–Trinajstić information content (AvgIpc) is 2.24. The third kappa shape index (κ3) is 3.19. The van der Waals surface area contributed by atoms with Crippen LogP contribution < -0.4 is 9.47 Å². The zero-order chi connectivity index (χ0) is 14.1. The standard InChI is InChI=1S/C15H23BrO2/c1-14(2,3)11-8-10(17-6)9-12(13(11)18-7)15(4,5)16/h8-9H,1-7H3. The van der Waals surface area contributed by atoms with Gasteiger partial charge >= 0.3 is 0 Å². The van der Waals surface area contributed by atoms with Gasteiger partial charge in [-0.15, -0.1) is 0 Å². The maximum atomic E-state index is 5.64. The highest BCUT2D eigenvalue weighted by molar-refractivity contribution is 9.09. The van der Waals surface area contributed by atoms with Gasteiger partial charge in [0, 0.05) is 15.5 Å². The lowest BCUT2D eigenvalue weighted by Crippen LogP contribution is -2.17. The van der Waals surface area contributed by atoms with Crippen molar-refractivity contribution in [3.8, 4) is 11.5 Å². The Labute approximate surface area is 119 Å². The Balaban J connectivity index is 3.61. The fraction of sp³-hybridized carbons (Fsp3) is 0.600. The smallest absolute Gasteiger partial charge is 0.127 e. The van der Waals surface area contributed by atoms with E-state index in [1.165, 1.54) is 0 Å². The molecular formula is C15H23BrO2. The summed E-state index contributed by atoms with van der Waals surface area (Å²) in [6.07, 6.45) is 0. The number of halogens is 1. The van der Waals surface area contributed by atoms with Crippen molar-refractivity contribution < 1.29 is 9.47 Å². The Morgan fingerprint density at radius 1 is 0.889 bits per heavy atom. The number of hydrogen-bond acceptors (Lipinski definition) is 2. The van der Waals surface area contributed by atoms with Crippen molar-refractivity contribution in [2.75, 3.05) is 14.2 Å². The first kappa shape index (κ1) is 15.4. The van der Waals surface area contributed by atoms with Gasteiger partial charge in [0.15, 0.2) is 0 Å². The normalized spacial score (nSPS) is 12.4. The van der Waals surface area contributed by atoms with Crippen molar-refractivity contribution >= 4 is 15.9 Å². The molecule has 3 heteroatoms. The third-order valence-corrected chi connectivity index (χ3v) is 3.38. The van der Waals surface area contributed by atoms with Crippen LogP contribution in [-0.2, 0) is 9.74 Å². The van der Waals surface area contributed by atoms with Gasteiger partial charge in [0.05, 0.1) is 14.2 Å². The molecule has 0 unspecified atom stereocenters. The molecule has 1 aromatic rings. The SMILES string of the molecule is COc1cc(C(C)(C)C)c(OC)c(C(C)(C)Br)c1. The number of alkyl halides is 1. The van der Waals surface area contributed by atoms with Crippen LogP contribution in [0.2, 0.25) is 0 Å². The minimum absolute atomic E-state index is 0.00683. The molecule has 0 fully saturated rings. The molecule has 0 spiro atoms. The van der Waals surface area contributed by atoms with Crippen molar-refractivity contribution in [2.45, 2.75) is 44.4 Å². The minimum atomic E-state index is -0.160. The summed E-state index contributed by atoms with van der Waals surface area (Å²) < 4.78 is 10.9. The Hall–Kier alpha value is -0.700. The van der Waals surface area contributed by atoms with E-state index in [0.29, 0.717) is 0 Å². The van der Waals surface area contributed by atoms with Crippen LogP contribution in [0.3, 0.4) is 0 Å². The molecule has 0 saturated heterocycles. The Morgan fingerprint density at radius 2 is 1.39 bits per heavy atom. The molecule has 0 aliphatic carbocycles. The number of ether oxygens (including phenoxy) is 2. The van der Waals surface area contributed by atoms with E-state index >= 15 is 0 Å². The van der Waals surface area contributed by atoms with Gasteiger partial charge in [-0.25, -0.2) is 0 Å². The summed E-state index contributed by atoms with van der Waals surface area (Å²) >= 11 is 3.71. The van der Waals surface area contributed by atoms with E-state index in [9.17, 15) is 0 Å². The molecule has 0 aliphatic rings. The molecule has 0 amide bonds. The van der Waals surface area contributed by atoms with E-state index in [2.05, 4.69) is 56.6 Å². The molecule has 0 heterocycles. The van der Waals surface area contributed by atoms with E-state index in [1.807, 2.05) is 6.07 Å². The van der Waals surface area contributed by atoms with Crippen LogP contribution in [0.5, 0.6) is 11.5 Å². The summed E-state index contributed by atoms with van der Waals surface area (Å²) in [5, 5.41) is 0. The second-order valence-corrected chi connectivity index (χ2v) is 7.96. The van der Waals surface area contributed by atoms with Crippen LogP contribution in [0.1, 0.15) is 45.7 Å². The summed E-state index contributed by atoms with van der Waals surface area (Å²) in [5.74, 6) is 1.80.